The lowest BCUT2D eigenvalue weighted by molar-refractivity contribution is -0.106. The molecule has 0 aromatic carbocycles. The Balaban J connectivity index is 1.69. The minimum atomic E-state index is -0.306. The summed E-state index contributed by atoms with van der Waals surface area (Å²) in [6.07, 6.45) is 1.43. The summed E-state index contributed by atoms with van der Waals surface area (Å²) >= 11 is 1.38. The molecular formula is C20H32N4O3S. The molecule has 1 aliphatic carbocycles. The number of nitrogens with one attached hydrogen (secondary N) is 2. The maximum atomic E-state index is 12.1. The van der Waals surface area contributed by atoms with Gasteiger partial charge in [-0.2, -0.15) is 0 Å². The summed E-state index contributed by atoms with van der Waals surface area (Å²) in [5.41, 5.74) is 0.787. The Morgan fingerprint density at radius 2 is 2.21 bits per heavy atom. The van der Waals surface area contributed by atoms with Crippen LogP contribution in [0.1, 0.15) is 67.5 Å². The fraction of sp³-hybridized carbons (Fsp3) is 0.750. The number of hydrogen-bond acceptors (Lipinski definition) is 6. The lowest BCUT2D eigenvalue weighted by Crippen LogP contribution is -2.68. The Kier molecular flexibility index (Phi) is 6.29. The van der Waals surface area contributed by atoms with Gasteiger partial charge in [-0.3, -0.25) is 4.99 Å². The first kappa shape index (κ1) is 21.0. The molecule has 3 rings (SSSR count). The number of guanidine groups is 1. The minimum absolute atomic E-state index is 0.0662. The highest BCUT2D eigenvalue weighted by Gasteiger charge is 2.59. The van der Waals surface area contributed by atoms with Gasteiger partial charge in [0.05, 0.1) is 24.4 Å². The summed E-state index contributed by atoms with van der Waals surface area (Å²) in [6, 6.07) is 0.265. The molecule has 2 fully saturated rings. The fourth-order valence-corrected chi connectivity index (χ4v) is 5.27. The molecule has 2 heterocycles. The van der Waals surface area contributed by atoms with Crippen molar-refractivity contribution >= 4 is 23.3 Å². The first-order valence-corrected chi connectivity index (χ1v) is 10.9. The molecule has 1 saturated carbocycles. The number of hydrogen-bond donors (Lipinski definition) is 2. The monoisotopic (exact) mass is 408 g/mol. The number of carbonyl (C=O) groups excluding carboxylic acids is 1. The van der Waals surface area contributed by atoms with Crippen LogP contribution < -0.4 is 10.6 Å². The quantitative estimate of drug-likeness (QED) is 0.428. The lowest BCUT2D eigenvalue weighted by atomic mass is 9.57. The maximum Gasteiger partial charge on any atom is 0.350 e. The highest BCUT2D eigenvalue weighted by Crippen LogP contribution is 2.52. The molecule has 1 saturated heterocycles. The molecule has 0 bridgehead atoms. The number of aromatic nitrogens is 1. The van der Waals surface area contributed by atoms with Gasteiger partial charge in [-0.15, -0.1) is 11.3 Å². The van der Waals surface area contributed by atoms with Gasteiger partial charge >= 0.3 is 5.97 Å². The molecule has 4 unspecified atom stereocenters. The van der Waals surface area contributed by atoms with Gasteiger partial charge in [0, 0.05) is 30.5 Å². The SMILES string of the molecule is CCN=C(NC(C)c1nc(C)c(C(=O)OCC)s1)NC1C2CCOC2C1(C)C. The standard InChI is InChI=1S/C20H32N4O3S/c1-7-21-19(24-15-13-9-10-27-16(13)20(15,5)6)23-12(4)17-22-11(3)14(28-17)18(25)26-8-2/h12-13,15-16H,7-10H2,1-6H3,(H2,21,23,24). The molecular weight excluding hydrogens is 376 g/mol. The number of carbonyl (C=O) groups is 1. The van der Waals surface area contributed by atoms with Crippen molar-refractivity contribution in [3.63, 3.8) is 0 Å². The molecule has 0 radical (unpaired) electrons. The Labute approximate surface area is 171 Å². The van der Waals surface area contributed by atoms with Gasteiger partial charge in [-0.1, -0.05) is 13.8 Å². The molecule has 1 aliphatic heterocycles. The number of rotatable bonds is 6. The molecule has 1 aromatic heterocycles. The molecule has 2 N–H and O–H groups in total. The highest BCUT2D eigenvalue weighted by molar-refractivity contribution is 7.13. The molecule has 4 atom stereocenters. The van der Waals surface area contributed by atoms with E-state index in [1.807, 2.05) is 20.8 Å². The Morgan fingerprint density at radius 1 is 1.46 bits per heavy atom. The van der Waals surface area contributed by atoms with Gasteiger partial charge in [0.15, 0.2) is 5.96 Å². The van der Waals surface area contributed by atoms with Crippen molar-refractivity contribution in [2.24, 2.45) is 16.3 Å². The zero-order valence-corrected chi connectivity index (χ0v) is 18.5. The van der Waals surface area contributed by atoms with Crippen molar-refractivity contribution in [2.75, 3.05) is 19.8 Å². The van der Waals surface area contributed by atoms with Gasteiger partial charge in [0.1, 0.15) is 9.88 Å². The Morgan fingerprint density at radius 3 is 2.89 bits per heavy atom. The molecule has 1 aromatic rings. The van der Waals surface area contributed by atoms with Crippen molar-refractivity contribution in [1.82, 2.24) is 15.6 Å². The molecule has 7 nitrogen and oxygen atoms in total. The second-order valence-electron chi connectivity index (χ2n) is 8.06. The van der Waals surface area contributed by atoms with Crippen LogP contribution in [0.3, 0.4) is 0 Å². The van der Waals surface area contributed by atoms with Crippen LogP contribution in [0.4, 0.5) is 0 Å². The third-order valence-electron chi connectivity index (χ3n) is 5.71. The van der Waals surface area contributed by atoms with Crippen LogP contribution >= 0.6 is 11.3 Å². The number of nitrogens with zero attached hydrogens (tertiary/aromatic N) is 2. The first-order chi connectivity index (χ1) is 13.3. The summed E-state index contributed by atoms with van der Waals surface area (Å²) in [4.78, 5) is 21.8. The summed E-state index contributed by atoms with van der Waals surface area (Å²) in [5.74, 6) is 1.01. The fourth-order valence-electron chi connectivity index (χ4n) is 4.31. The van der Waals surface area contributed by atoms with Crippen LogP contribution in [0.5, 0.6) is 0 Å². The second kappa shape index (κ2) is 8.37. The van der Waals surface area contributed by atoms with Gasteiger partial charge < -0.3 is 20.1 Å². The van der Waals surface area contributed by atoms with Crippen LogP contribution in [0.25, 0.3) is 0 Å². The van der Waals surface area contributed by atoms with E-state index in [1.165, 1.54) is 11.3 Å². The van der Waals surface area contributed by atoms with Gasteiger partial charge in [0.2, 0.25) is 0 Å². The minimum Gasteiger partial charge on any atom is -0.462 e. The predicted molar refractivity (Wildman–Crippen MR) is 111 cm³/mol. The van der Waals surface area contributed by atoms with Crippen LogP contribution in [0.15, 0.2) is 4.99 Å². The van der Waals surface area contributed by atoms with Crippen molar-refractivity contribution in [2.45, 2.75) is 66.2 Å². The van der Waals surface area contributed by atoms with E-state index in [0.29, 0.717) is 41.8 Å². The van der Waals surface area contributed by atoms with Crippen LogP contribution in [0.2, 0.25) is 0 Å². The zero-order valence-electron chi connectivity index (χ0n) is 17.7. The van der Waals surface area contributed by atoms with Crippen molar-refractivity contribution in [3.05, 3.63) is 15.6 Å². The summed E-state index contributed by atoms with van der Waals surface area (Å²) < 4.78 is 11.0. The second-order valence-corrected chi connectivity index (χ2v) is 9.09. The van der Waals surface area contributed by atoms with E-state index in [1.54, 1.807) is 6.92 Å². The van der Waals surface area contributed by atoms with Gasteiger partial charge in [0.25, 0.3) is 0 Å². The van der Waals surface area contributed by atoms with E-state index >= 15 is 0 Å². The molecule has 28 heavy (non-hydrogen) atoms. The molecule has 8 heteroatoms. The maximum absolute atomic E-state index is 12.1. The number of aryl methyl sites for hydroxylation is 1. The third kappa shape index (κ3) is 3.89. The van der Waals surface area contributed by atoms with E-state index in [2.05, 4.69) is 34.5 Å². The van der Waals surface area contributed by atoms with Gasteiger partial charge in [-0.25, -0.2) is 9.78 Å². The topological polar surface area (TPSA) is 84.8 Å². The van der Waals surface area contributed by atoms with E-state index in [-0.39, 0.29) is 17.4 Å². The van der Waals surface area contributed by atoms with Crippen molar-refractivity contribution in [1.29, 1.82) is 0 Å². The van der Waals surface area contributed by atoms with Crippen molar-refractivity contribution in [3.8, 4) is 0 Å². The highest BCUT2D eigenvalue weighted by atomic mass is 32.1. The summed E-state index contributed by atoms with van der Waals surface area (Å²) in [6.45, 7) is 14.1. The van der Waals surface area contributed by atoms with E-state index < -0.39 is 0 Å². The number of esters is 1. The van der Waals surface area contributed by atoms with E-state index in [4.69, 9.17) is 9.47 Å². The predicted octanol–water partition coefficient (Wildman–Crippen LogP) is 3.06. The smallest absolute Gasteiger partial charge is 0.350 e. The van der Waals surface area contributed by atoms with Crippen LogP contribution in [-0.4, -0.2) is 48.8 Å². The summed E-state index contributed by atoms with van der Waals surface area (Å²) in [7, 11) is 0. The molecule has 156 valence electrons. The largest absolute Gasteiger partial charge is 0.462 e. The van der Waals surface area contributed by atoms with Gasteiger partial charge in [-0.05, 0) is 34.1 Å². The van der Waals surface area contributed by atoms with E-state index in [0.717, 1.165) is 24.0 Å². The molecule has 0 amide bonds. The van der Waals surface area contributed by atoms with Crippen molar-refractivity contribution < 1.29 is 14.3 Å². The first-order valence-electron chi connectivity index (χ1n) is 10.1. The average Bonchev–Trinajstić information content (AvgIpc) is 3.25. The lowest BCUT2D eigenvalue weighted by Gasteiger charge is -2.55. The molecule has 0 spiro atoms. The normalized spacial score (nSPS) is 26.9. The third-order valence-corrected chi connectivity index (χ3v) is 7.03. The molecule has 2 aliphatic rings. The zero-order chi connectivity index (χ0) is 20.5. The summed E-state index contributed by atoms with van der Waals surface area (Å²) in [5, 5.41) is 7.93. The number of fused-ring (bicyclic) bond motifs is 1. The average molecular weight is 409 g/mol. The number of ether oxygens (including phenoxy) is 2. The number of aliphatic imine (C=N–C) groups is 1. The van der Waals surface area contributed by atoms with Crippen LogP contribution in [0, 0.1) is 18.3 Å². The Hall–Kier alpha value is -1.67. The van der Waals surface area contributed by atoms with Crippen LogP contribution in [-0.2, 0) is 9.47 Å². The number of thiazole rings is 1. The Bertz CT molecular complexity index is 746. The van der Waals surface area contributed by atoms with E-state index in [9.17, 15) is 4.79 Å².